The van der Waals surface area contributed by atoms with E-state index in [1.54, 1.807) is 7.11 Å². The van der Waals surface area contributed by atoms with Crippen LogP contribution in [0.4, 0.5) is 0 Å². The van der Waals surface area contributed by atoms with Gasteiger partial charge in [0, 0.05) is 13.2 Å². The number of aryl methyl sites for hydroxylation is 2. The molecule has 0 saturated heterocycles. The molecule has 0 aliphatic heterocycles. The van der Waals surface area contributed by atoms with Crippen LogP contribution in [0.15, 0.2) is 18.2 Å². The summed E-state index contributed by atoms with van der Waals surface area (Å²) in [6.45, 7) is 6.05. The minimum atomic E-state index is 0.127. The fourth-order valence-electron chi connectivity index (χ4n) is 1.95. The number of methoxy groups -OCH3 is 1. The van der Waals surface area contributed by atoms with Gasteiger partial charge in [0.05, 0.1) is 19.8 Å². The van der Waals surface area contributed by atoms with Gasteiger partial charge in [0.1, 0.15) is 0 Å². The van der Waals surface area contributed by atoms with Crippen molar-refractivity contribution in [1.29, 1.82) is 0 Å². The van der Waals surface area contributed by atoms with Crippen LogP contribution in [0, 0.1) is 13.8 Å². The summed E-state index contributed by atoms with van der Waals surface area (Å²) in [6, 6.07) is 6.46. The molecule has 0 aliphatic carbocycles. The van der Waals surface area contributed by atoms with Crippen LogP contribution in [0.5, 0.6) is 0 Å². The number of hydrogen-bond donors (Lipinski definition) is 2. The predicted molar refractivity (Wildman–Crippen MR) is 73.4 cm³/mol. The van der Waals surface area contributed by atoms with Gasteiger partial charge in [-0.1, -0.05) is 18.2 Å². The molecule has 0 fully saturated rings. The fourth-order valence-corrected chi connectivity index (χ4v) is 1.95. The molecule has 0 amide bonds. The van der Waals surface area contributed by atoms with E-state index < -0.39 is 0 Å². The molecule has 3 N–H and O–H groups in total. The number of rotatable bonds is 8. The van der Waals surface area contributed by atoms with Gasteiger partial charge in [-0.25, -0.2) is 0 Å². The maximum absolute atomic E-state index is 5.57. The van der Waals surface area contributed by atoms with Crippen molar-refractivity contribution < 1.29 is 9.47 Å². The van der Waals surface area contributed by atoms with Crippen molar-refractivity contribution >= 4 is 0 Å². The maximum Gasteiger partial charge on any atom is 0.0701 e. The Hall–Kier alpha value is -0.940. The minimum Gasteiger partial charge on any atom is -0.382 e. The topological polar surface area (TPSA) is 56.5 Å². The quantitative estimate of drug-likeness (QED) is 0.416. The summed E-state index contributed by atoms with van der Waals surface area (Å²) in [5.74, 6) is 5.57. The van der Waals surface area contributed by atoms with E-state index in [1.165, 1.54) is 16.7 Å². The van der Waals surface area contributed by atoms with Crippen LogP contribution in [0.2, 0.25) is 0 Å². The van der Waals surface area contributed by atoms with Crippen LogP contribution >= 0.6 is 0 Å². The van der Waals surface area contributed by atoms with Crippen LogP contribution in [-0.4, -0.2) is 33.0 Å². The number of benzene rings is 1. The Labute approximate surface area is 109 Å². The third kappa shape index (κ3) is 4.74. The summed E-state index contributed by atoms with van der Waals surface area (Å²) in [4.78, 5) is 0. The molecule has 0 bridgehead atoms. The Bertz CT molecular complexity index is 335. The molecule has 102 valence electrons. The van der Waals surface area contributed by atoms with Crippen LogP contribution in [0.25, 0.3) is 0 Å². The zero-order chi connectivity index (χ0) is 13.4. The van der Waals surface area contributed by atoms with E-state index in [1.807, 2.05) is 0 Å². The first-order chi connectivity index (χ1) is 8.69. The van der Waals surface area contributed by atoms with Crippen LogP contribution < -0.4 is 11.3 Å². The monoisotopic (exact) mass is 252 g/mol. The number of hydrogen-bond acceptors (Lipinski definition) is 4. The van der Waals surface area contributed by atoms with Crippen LogP contribution in [-0.2, 0) is 15.9 Å². The summed E-state index contributed by atoms with van der Waals surface area (Å²) in [6.07, 6.45) is 0.877. The summed E-state index contributed by atoms with van der Waals surface area (Å²) in [5, 5.41) is 0. The maximum atomic E-state index is 5.57. The molecule has 0 radical (unpaired) electrons. The highest BCUT2D eigenvalue weighted by Crippen LogP contribution is 2.15. The summed E-state index contributed by atoms with van der Waals surface area (Å²) < 4.78 is 10.4. The highest BCUT2D eigenvalue weighted by atomic mass is 16.5. The molecule has 1 unspecified atom stereocenters. The van der Waals surface area contributed by atoms with E-state index in [0.29, 0.717) is 19.8 Å². The zero-order valence-electron chi connectivity index (χ0n) is 11.5. The lowest BCUT2D eigenvalue weighted by atomic mass is 9.97. The first-order valence-corrected chi connectivity index (χ1v) is 6.27. The molecule has 0 heterocycles. The van der Waals surface area contributed by atoms with E-state index in [-0.39, 0.29) is 6.04 Å². The largest absolute Gasteiger partial charge is 0.382 e. The second-order valence-electron chi connectivity index (χ2n) is 4.51. The first kappa shape index (κ1) is 15.1. The van der Waals surface area contributed by atoms with Crippen molar-refractivity contribution in [2.75, 3.05) is 26.9 Å². The molecule has 1 atom stereocenters. The highest BCUT2D eigenvalue weighted by Gasteiger charge is 2.11. The fraction of sp³-hybridized carbons (Fsp3) is 0.571. The predicted octanol–water partition coefficient (Wildman–Crippen LogP) is 1.34. The minimum absolute atomic E-state index is 0.127. The van der Waals surface area contributed by atoms with Gasteiger partial charge in [0.2, 0.25) is 0 Å². The molecule has 4 heteroatoms. The van der Waals surface area contributed by atoms with Crippen molar-refractivity contribution in [3.63, 3.8) is 0 Å². The van der Waals surface area contributed by atoms with Crippen molar-refractivity contribution in [3.8, 4) is 0 Å². The van der Waals surface area contributed by atoms with Gasteiger partial charge in [-0.2, -0.15) is 0 Å². The average Bonchev–Trinajstić information content (AvgIpc) is 2.36. The van der Waals surface area contributed by atoms with Crippen molar-refractivity contribution in [3.05, 3.63) is 34.9 Å². The van der Waals surface area contributed by atoms with Gasteiger partial charge in [-0.05, 0) is 37.0 Å². The third-order valence-electron chi connectivity index (χ3n) is 3.08. The molecule has 0 saturated carbocycles. The zero-order valence-corrected chi connectivity index (χ0v) is 11.5. The van der Waals surface area contributed by atoms with Gasteiger partial charge in [0.25, 0.3) is 0 Å². The molecule has 1 rings (SSSR count). The third-order valence-corrected chi connectivity index (χ3v) is 3.08. The second kappa shape index (κ2) is 8.21. The van der Waals surface area contributed by atoms with Crippen molar-refractivity contribution in [1.82, 2.24) is 5.43 Å². The van der Waals surface area contributed by atoms with Gasteiger partial charge in [-0.3, -0.25) is 11.3 Å². The van der Waals surface area contributed by atoms with Crippen molar-refractivity contribution in [2.45, 2.75) is 26.3 Å². The molecule has 1 aromatic rings. The molecule has 18 heavy (non-hydrogen) atoms. The summed E-state index contributed by atoms with van der Waals surface area (Å²) in [5.41, 5.74) is 6.76. The van der Waals surface area contributed by atoms with E-state index in [4.69, 9.17) is 15.3 Å². The van der Waals surface area contributed by atoms with E-state index in [9.17, 15) is 0 Å². The number of nitrogens with one attached hydrogen (secondary N) is 1. The Kier molecular flexibility index (Phi) is 6.90. The van der Waals surface area contributed by atoms with Gasteiger partial charge in [-0.15, -0.1) is 0 Å². The molecule has 0 spiro atoms. The molecule has 1 aromatic carbocycles. The van der Waals surface area contributed by atoms with Crippen LogP contribution in [0.1, 0.15) is 16.7 Å². The molecular formula is C14H24N2O2. The lowest BCUT2D eigenvalue weighted by Crippen LogP contribution is -2.40. The van der Waals surface area contributed by atoms with Gasteiger partial charge < -0.3 is 9.47 Å². The van der Waals surface area contributed by atoms with E-state index >= 15 is 0 Å². The highest BCUT2D eigenvalue weighted by molar-refractivity contribution is 5.34. The number of ether oxygens (including phenoxy) is 2. The van der Waals surface area contributed by atoms with Crippen molar-refractivity contribution in [2.24, 2.45) is 5.84 Å². The molecule has 0 aliphatic rings. The number of nitrogens with two attached hydrogens (primary N) is 1. The molecule has 4 nitrogen and oxygen atoms in total. The Morgan fingerprint density at radius 2 is 1.89 bits per heavy atom. The van der Waals surface area contributed by atoms with E-state index in [2.05, 4.69) is 37.5 Å². The van der Waals surface area contributed by atoms with Gasteiger partial charge in [0.15, 0.2) is 0 Å². The van der Waals surface area contributed by atoms with Crippen LogP contribution in [0.3, 0.4) is 0 Å². The normalized spacial score (nSPS) is 12.7. The Balaban J connectivity index is 2.52. The molecule has 0 aromatic heterocycles. The summed E-state index contributed by atoms with van der Waals surface area (Å²) >= 11 is 0. The standard InChI is InChI=1S/C14H24N2O2/c1-11-5-4-6-12(2)14(11)9-13(16-15)10-18-8-7-17-3/h4-6,13,16H,7-10,15H2,1-3H3. The second-order valence-corrected chi connectivity index (χ2v) is 4.51. The smallest absolute Gasteiger partial charge is 0.0701 e. The Morgan fingerprint density at radius 3 is 2.44 bits per heavy atom. The Morgan fingerprint density at radius 1 is 1.22 bits per heavy atom. The van der Waals surface area contributed by atoms with Gasteiger partial charge >= 0.3 is 0 Å². The summed E-state index contributed by atoms with van der Waals surface area (Å²) in [7, 11) is 1.67. The van der Waals surface area contributed by atoms with E-state index in [0.717, 1.165) is 6.42 Å². The number of hydrazine groups is 1. The first-order valence-electron chi connectivity index (χ1n) is 6.27. The SMILES string of the molecule is COCCOCC(Cc1c(C)cccc1C)NN. The average molecular weight is 252 g/mol. The lowest BCUT2D eigenvalue weighted by molar-refractivity contribution is 0.0587. The molecular weight excluding hydrogens is 228 g/mol. The lowest BCUT2D eigenvalue weighted by Gasteiger charge is -2.18.